The van der Waals surface area contributed by atoms with E-state index in [-0.39, 0.29) is 258 Å². The summed E-state index contributed by atoms with van der Waals surface area (Å²) in [4.78, 5) is 43.4. The molecule has 0 spiro atoms. The Kier molecular flexibility index (Phi) is 57.5. The molecule has 0 atom stereocenters. The van der Waals surface area contributed by atoms with E-state index in [1.165, 1.54) is 0 Å². The standard InChI is InChI=1S/C10H16N2O8.4K.2Zn/c13-7(14)3-11(4-8(15)16)1-2-12(5-9(17)18)6-10(19)20;;;;;;/h1-6H2,(H,13,14)(H,15,16)(H,17,18)(H,19,20);;;;;;/q;;;;;2*+2/p-4. The largest absolute Gasteiger partial charge is 2.00 e. The Bertz CT molecular complexity index is 341. The van der Waals surface area contributed by atoms with Crippen molar-refractivity contribution in [2.45, 2.75) is 0 Å². The van der Waals surface area contributed by atoms with E-state index in [1.54, 1.807) is 0 Å². The van der Waals surface area contributed by atoms with Gasteiger partial charge in [-0.05, 0) is 0 Å². The van der Waals surface area contributed by atoms with Crippen LogP contribution in [0.5, 0.6) is 0 Å². The number of carbonyl (C=O) groups is 4. The van der Waals surface area contributed by atoms with Crippen molar-refractivity contribution in [3.63, 3.8) is 0 Å². The third-order valence-electron chi connectivity index (χ3n) is 2.14. The molecule has 0 aliphatic rings. The normalized spacial score (nSPS) is 8.23. The Morgan fingerprint density at radius 3 is 0.769 bits per heavy atom. The number of carboxylic acid groups (broad SMARTS) is 4. The van der Waals surface area contributed by atoms with Crippen LogP contribution in [0.2, 0.25) is 0 Å². The van der Waals surface area contributed by atoms with Crippen LogP contribution in [0.4, 0.5) is 0 Å². The summed E-state index contributed by atoms with van der Waals surface area (Å²) in [6.07, 6.45) is 0. The molecule has 0 rings (SSSR count). The molecule has 118 valence electrons. The molecule has 0 unspecified atom stereocenters. The van der Waals surface area contributed by atoms with Gasteiger partial charge < -0.3 is 39.6 Å². The quantitative estimate of drug-likeness (QED) is 0.216. The fourth-order valence-corrected chi connectivity index (χ4v) is 1.44. The van der Waals surface area contributed by atoms with Gasteiger partial charge in [0.15, 0.2) is 0 Å². The zero-order valence-electron chi connectivity index (χ0n) is 15.8. The van der Waals surface area contributed by atoms with Crippen LogP contribution in [0.15, 0.2) is 0 Å². The van der Waals surface area contributed by atoms with Crippen LogP contribution >= 0.6 is 0 Å². The molecule has 0 amide bonds. The monoisotopic (exact) mass is 572 g/mol. The van der Waals surface area contributed by atoms with E-state index in [1.807, 2.05) is 0 Å². The molecule has 0 bridgehead atoms. The molecule has 0 aliphatic carbocycles. The van der Waals surface area contributed by atoms with Crippen LogP contribution < -0.4 is 20.4 Å². The number of nitrogens with zero attached hydrogens (tertiary/aromatic N) is 2. The van der Waals surface area contributed by atoms with Crippen LogP contribution in [-0.4, -0.2) is 278 Å². The summed E-state index contributed by atoms with van der Waals surface area (Å²) in [7, 11) is 0. The van der Waals surface area contributed by atoms with Crippen molar-refractivity contribution < 1.29 is 78.6 Å². The predicted octanol–water partition coefficient (Wildman–Crippen LogP) is -8.94. The number of hydrogen-bond acceptors (Lipinski definition) is 10. The van der Waals surface area contributed by atoms with E-state index in [0.717, 1.165) is 9.80 Å². The fourth-order valence-electron chi connectivity index (χ4n) is 1.44. The average Bonchev–Trinajstić information content (AvgIpc) is 2.22. The van der Waals surface area contributed by atoms with Crippen molar-refractivity contribution in [1.82, 2.24) is 9.80 Å². The number of carbonyl (C=O) groups excluding carboxylic acids is 4. The van der Waals surface area contributed by atoms with Crippen LogP contribution in [-0.2, 0) is 58.1 Å². The second kappa shape index (κ2) is 30.6. The third-order valence-corrected chi connectivity index (χ3v) is 2.14. The maximum atomic E-state index is 10.4. The number of rotatable bonds is 11. The molecule has 0 aromatic rings. The summed E-state index contributed by atoms with van der Waals surface area (Å²) in [6.45, 7) is -3.25. The Hall–Kier alpha value is 5.59. The van der Waals surface area contributed by atoms with E-state index >= 15 is 0 Å². The molecule has 0 fully saturated rings. The maximum Gasteiger partial charge on any atom is 2.00 e. The van der Waals surface area contributed by atoms with Gasteiger partial charge in [0.2, 0.25) is 0 Å². The second-order valence-electron chi connectivity index (χ2n) is 3.91. The molecule has 0 saturated carbocycles. The Labute approximate surface area is 347 Å². The molecule has 26 heavy (non-hydrogen) atoms. The molecule has 0 saturated heterocycles. The van der Waals surface area contributed by atoms with Gasteiger partial charge in [-0.15, -0.1) is 0 Å². The number of carboxylic acids is 4. The van der Waals surface area contributed by atoms with Crippen molar-refractivity contribution in [2.75, 3.05) is 39.3 Å². The topological polar surface area (TPSA) is 167 Å². The first-order valence-electron chi connectivity index (χ1n) is 5.44. The van der Waals surface area contributed by atoms with E-state index in [4.69, 9.17) is 0 Å². The van der Waals surface area contributed by atoms with E-state index < -0.39 is 50.1 Å². The zero-order valence-corrected chi connectivity index (χ0v) is 34.2. The number of aliphatic carboxylic acids is 4. The van der Waals surface area contributed by atoms with Gasteiger partial charge in [0.25, 0.3) is 0 Å². The molecule has 0 aliphatic heterocycles. The zero-order chi connectivity index (χ0) is 15.7. The van der Waals surface area contributed by atoms with Gasteiger partial charge in [-0.25, -0.2) is 0 Å². The molecular weight excluding hydrogens is 563 g/mol. The minimum atomic E-state index is -1.53. The van der Waals surface area contributed by atoms with Gasteiger partial charge in [-0.3, -0.25) is 9.80 Å². The molecule has 0 heterocycles. The maximum absolute atomic E-state index is 10.4. The summed E-state index contributed by atoms with van der Waals surface area (Å²) in [5.41, 5.74) is 0. The van der Waals surface area contributed by atoms with Gasteiger partial charge in [-0.1, -0.05) is 0 Å². The first kappa shape index (κ1) is 48.9. The van der Waals surface area contributed by atoms with Crippen molar-refractivity contribution in [3.8, 4) is 0 Å². The molecule has 4 radical (unpaired) electrons. The summed E-state index contributed by atoms with van der Waals surface area (Å²) in [6, 6.07) is 0. The van der Waals surface area contributed by atoms with Crippen LogP contribution in [0.1, 0.15) is 0 Å². The summed E-state index contributed by atoms with van der Waals surface area (Å²) >= 11 is 0. The van der Waals surface area contributed by atoms with Crippen molar-refractivity contribution in [2.24, 2.45) is 0 Å². The number of hydrogen-bond donors (Lipinski definition) is 0. The van der Waals surface area contributed by atoms with Gasteiger partial charge in [0.1, 0.15) is 0 Å². The van der Waals surface area contributed by atoms with Gasteiger partial charge in [-0.2, -0.15) is 0 Å². The predicted molar refractivity (Wildman–Crippen MR) is 75.9 cm³/mol. The second-order valence-corrected chi connectivity index (χ2v) is 3.91. The van der Waals surface area contributed by atoms with Crippen molar-refractivity contribution in [1.29, 1.82) is 0 Å². The average molecular weight is 575 g/mol. The fraction of sp³-hybridized carbons (Fsp3) is 0.600. The molecule has 0 N–H and O–H groups in total. The van der Waals surface area contributed by atoms with Crippen molar-refractivity contribution >= 4 is 229 Å². The van der Waals surface area contributed by atoms with Crippen LogP contribution in [0.25, 0.3) is 0 Å². The first-order chi connectivity index (χ1) is 9.20. The molecular formula is C10H12K4N2O8Zn2. The minimum Gasteiger partial charge on any atom is -0.549 e. The molecule has 16 heteroatoms. The Morgan fingerprint density at radius 2 is 0.654 bits per heavy atom. The smallest absolute Gasteiger partial charge is 0.549 e. The molecule has 0 aromatic carbocycles. The molecule has 10 nitrogen and oxygen atoms in total. The van der Waals surface area contributed by atoms with E-state index in [0.29, 0.717) is 0 Å². The Balaban J connectivity index is -0.000000120. The summed E-state index contributed by atoms with van der Waals surface area (Å²) in [5, 5.41) is 41.6. The molecule has 0 aromatic heterocycles. The summed E-state index contributed by atoms with van der Waals surface area (Å²) < 4.78 is 0. The Morgan fingerprint density at radius 1 is 0.500 bits per heavy atom. The van der Waals surface area contributed by atoms with Crippen LogP contribution in [0, 0.1) is 0 Å². The van der Waals surface area contributed by atoms with E-state index in [2.05, 4.69) is 0 Å². The minimum absolute atomic E-state index is 0. The third kappa shape index (κ3) is 34.2. The van der Waals surface area contributed by atoms with E-state index in [9.17, 15) is 39.6 Å². The SMILES string of the molecule is O=C([O-])CN(CCN(CC(=O)[O-])CC(=O)[O-])CC(=O)[O-].[K].[K].[K].[K].[Zn+2].[Zn+2]. The van der Waals surface area contributed by atoms with Gasteiger partial charge in [0, 0.05) is 245 Å². The van der Waals surface area contributed by atoms with Crippen molar-refractivity contribution in [3.05, 3.63) is 0 Å². The van der Waals surface area contributed by atoms with Gasteiger partial charge >= 0.3 is 39.0 Å². The van der Waals surface area contributed by atoms with Crippen LogP contribution in [0.3, 0.4) is 0 Å². The van der Waals surface area contributed by atoms with Gasteiger partial charge in [0.05, 0.1) is 23.9 Å². The summed E-state index contributed by atoms with van der Waals surface area (Å²) in [5.74, 6) is -6.12. The first-order valence-corrected chi connectivity index (χ1v) is 5.44.